The second-order valence-corrected chi connectivity index (χ2v) is 1.46. The second kappa shape index (κ2) is 1.78. The molecule has 7 heavy (non-hydrogen) atoms. The fourth-order valence-electron chi connectivity index (χ4n) is 0.472. The van der Waals surface area contributed by atoms with Crippen molar-refractivity contribution < 1.29 is 14.5 Å². The molecule has 0 N–H and O–H groups in total. The molecule has 1 aliphatic rings. The molecule has 3 nitrogen and oxygen atoms in total. The Kier molecular flexibility index (Phi) is 1.27. The fraction of sp³-hybridized carbons (Fsp3) is 1.00. The van der Waals surface area contributed by atoms with Crippen LogP contribution in [0.5, 0.6) is 0 Å². The predicted molar refractivity (Wildman–Crippen MR) is 22.2 cm³/mol. The van der Waals surface area contributed by atoms with E-state index in [1.54, 1.807) is 13.8 Å². The van der Waals surface area contributed by atoms with Gasteiger partial charge in [0.1, 0.15) is 0 Å². The fourth-order valence-corrected chi connectivity index (χ4v) is 0.472. The molecule has 0 aromatic rings. The molecule has 0 saturated carbocycles. The summed E-state index contributed by atoms with van der Waals surface area (Å²) < 4.78 is 4.92. The second-order valence-electron chi connectivity index (χ2n) is 1.46. The lowest BCUT2D eigenvalue weighted by Crippen LogP contribution is -2.02. The number of rotatable bonds is 0. The topological polar surface area (TPSA) is 27.7 Å². The van der Waals surface area contributed by atoms with E-state index in [1.807, 2.05) is 0 Å². The van der Waals surface area contributed by atoms with Crippen molar-refractivity contribution >= 4 is 0 Å². The minimum atomic E-state index is -0.199. The maximum absolute atomic E-state index is 4.92. The highest BCUT2D eigenvalue weighted by atomic mass is 17.3. The van der Waals surface area contributed by atoms with Crippen LogP contribution >= 0.6 is 0 Å². The summed E-state index contributed by atoms with van der Waals surface area (Å²) in [6.07, 6.45) is -0.398. The Bertz CT molecular complexity index is 56.0. The first-order valence-electron chi connectivity index (χ1n) is 2.26. The van der Waals surface area contributed by atoms with E-state index in [1.165, 1.54) is 0 Å². The van der Waals surface area contributed by atoms with Crippen LogP contribution in [0, 0.1) is 0 Å². The van der Waals surface area contributed by atoms with Gasteiger partial charge in [-0.1, -0.05) is 0 Å². The van der Waals surface area contributed by atoms with Crippen molar-refractivity contribution in [1.29, 1.82) is 0 Å². The molecule has 2 atom stereocenters. The largest absolute Gasteiger partial charge is 0.318 e. The lowest BCUT2D eigenvalue weighted by molar-refractivity contribution is -0.290. The molecule has 1 saturated heterocycles. The highest BCUT2D eigenvalue weighted by molar-refractivity contribution is 4.34. The molecule has 3 heteroatoms. The van der Waals surface area contributed by atoms with Gasteiger partial charge in [-0.05, 0) is 13.8 Å². The maximum atomic E-state index is 4.92. The van der Waals surface area contributed by atoms with Crippen LogP contribution in [-0.2, 0) is 14.5 Å². The van der Waals surface area contributed by atoms with Gasteiger partial charge < -0.3 is 4.74 Å². The molecule has 0 amide bonds. The van der Waals surface area contributed by atoms with Crippen molar-refractivity contribution in [3.05, 3.63) is 0 Å². The minimum absolute atomic E-state index is 0.199. The molecule has 0 bridgehead atoms. The van der Waals surface area contributed by atoms with Gasteiger partial charge in [0.05, 0.1) is 0 Å². The summed E-state index contributed by atoms with van der Waals surface area (Å²) in [6.45, 7) is 3.56. The molecule has 1 heterocycles. The third-order valence-electron chi connectivity index (χ3n) is 0.710. The van der Waals surface area contributed by atoms with Gasteiger partial charge in [-0.25, -0.2) is 9.78 Å². The Hall–Kier alpha value is -0.120. The van der Waals surface area contributed by atoms with Gasteiger partial charge in [0, 0.05) is 0 Å². The van der Waals surface area contributed by atoms with Crippen molar-refractivity contribution in [2.24, 2.45) is 0 Å². The molecular formula is C4H8O3. The first kappa shape index (κ1) is 5.03. The van der Waals surface area contributed by atoms with Gasteiger partial charge in [-0.3, -0.25) is 0 Å². The number of hydrogen-bond acceptors (Lipinski definition) is 3. The molecule has 0 radical (unpaired) electrons. The summed E-state index contributed by atoms with van der Waals surface area (Å²) >= 11 is 0. The third-order valence-corrected chi connectivity index (χ3v) is 0.710. The van der Waals surface area contributed by atoms with Crippen LogP contribution in [0.25, 0.3) is 0 Å². The maximum Gasteiger partial charge on any atom is 0.191 e. The first-order valence-corrected chi connectivity index (χ1v) is 2.26. The summed E-state index contributed by atoms with van der Waals surface area (Å²) in [5.41, 5.74) is 0. The van der Waals surface area contributed by atoms with E-state index in [2.05, 4.69) is 9.78 Å². The Morgan fingerprint density at radius 3 is 1.57 bits per heavy atom. The Morgan fingerprint density at radius 1 is 1.00 bits per heavy atom. The first-order chi connectivity index (χ1) is 3.29. The molecular weight excluding hydrogens is 96.0 g/mol. The van der Waals surface area contributed by atoms with Crippen LogP contribution < -0.4 is 0 Å². The molecule has 1 rings (SSSR count). The Balaban J connectivity index is 2.26. The molecule has 0 unspecified atom stereocenters. The molecule has 0 aromatic heterocycles. The Labute approximate surface area is 42.1 Å². The Morgan fingerprint density at radius 2 is 1.43 bits per heavy atom. The van der Waals surface area contributed by atoms with Crippen molar-refractivity contribution in [3.8, 4) is 0 Å². The summed E-state index contributed by atoms with van der Waals surface area (Å²) in [5.74, 6) is 0. The van der Waals surface area contributed by atoms with Crippen LogP contribution in [0.2, 0.25) is 0 Å². The van der Waals surface area contributed by atoms with E-state index in [4.69, 9.17) is 4.74 Å². The predicted octanol–water partition coefficient (Wildman–Crippen LogP) is 0.657. The van der Waals surface area contributed by atoms with Gasteiger partial charge in [-0.15, -0.1) is 0 Å². The van der Waals surface area contributed by atoms with E-state index in [9.17, 15) is 0 Å². The van der Waals surface area contributed by atoms with Gasteiger partial charge >= 0.3 is 0 Å². The summed E-state index contributed by atoms with van der Waals surface area (Å²) in [7, 11) is 0. The van der Waals surface area contributed by atoms with E-state index >= 15 is 0 Å². The van der Waals surface area contributed by atoms with E-state index < -0.39 is 0 Å². The van der Waals surface area contributed by atoms with E-state index in [0.29, 0.717) is 0 Å². The molecule has 1 fully saturated rings. The molecule has 1 aliphatic heterocycles. The molecule has 0 aliphatic carbocycles. The standard InChI is InChI=1S/C4H8O3/c1-3-5-4(2)7-6-3/h3-4H,1-2H3/t3-,4+. The smallest absolute Gasteiger partial charge is 0.191 e. The van der Waals surface area contributed by atoms with Crippen LogP contribution in [0.15, 0.2) is 0 Å². The van der Waals surface area contributed by atoms with Crippen LogP contribution in [-0.4, -0.2) is 12.6 Å². The average Bonchev–Trinajstić information content (AvgIpc) is 1.87. The van der Waals surface area contributed by atoms with Gasteiger partial charge in [0.25, 0.3) is 0 Å². The van der Waals surface area contributed by atoms with E-state index in [-0.39, 0.29) is 12.6 Å². The van der Waals surface area contributed by atoms with Gasteiger partial charge in [-0.2, -0.15) is 0 Å². The SMILES string of the molecule is C[C@@H]1OO[C@H](C)O1. The van der Waals surface area contributed by atoms with Gasteiger partial charge in [0.2, 0.25) is 0 Å². The lowest BCUT2D eigenvalue weighted by Gasteiger charge is -1.93. The molecule has 42 valence electrons. The number of hydrogen-bond donors (Lipinski definition) is 0. The highest BCUT2D eigenvalue weighted by Gasteiger charge is 2.18. The van der Waals surface area contributed by atoms with E-state index in [0.717, 1.165) is 0 Å². The van der Waals surface area contributed by atoms with Crippen molar-refractivity contribution in [1.82, 2.24) is 0 Å². The monoisotopic (exact) mass is 104 g/mol. The quantitative estimate of drug-likeness (QED) is 0.422. The van der Waals surface area contributed by atoms with Crippen LogP contribution in [0.4, 0.5) is 0 Å². The summed E-state index contributed by atoms with van der Waals surface area (Å²) in [4.78, 5) is 9.09. The summed E-state index contributed by atoms with van der Waals surface area (Å²) in [5, 5.41) is 0. The zero-order valence-corrected chi connectivity index (χ0v) is 4.38. The number of ether oxygens (including phenoxy) is 1. The minimum Gasteiger partial charge on any atom is -0.318 e. The normalized spacial score (nSPS) is 42.0. The van der Waals surface area contributed by atoms with Crippen LogP contribution in [0.1, 0.15) is 13.8 Å². The zero-order chi connectivity index (χ0) is 5.28. The lowest BCUT2D eigenvalue weighted by atomic mass is 10.7. The van der Waals surface area contributed by atoms with Crippen molar-refractivity contribution in [2.45, 2.75) is 26.4 Å². The average molecular weight is 104 g/mol. The van der Waals surface area contributed by atoms with Crippen molar-refractivity contribution in [2.75, 3.05) is 0 Å². The third kappa shape index (κ3) is 1.12. The van der Waals surface area contributed by atoms with Gasteiger partial charge in [0.15, 0.2) is 12.6 Å². The highest BCUT2D eigenvalue weighted by Crippen LogP contribution is 2.10. The summed E-state index contributed by atoms with van der Waals surface area (Å²) in [6, 6.07) is 0. The zero-order valence-electron chi connectivity index (χ0n) is 4.38. The molecule has 0 spiro atoms. The van der Waals surface area contributed by atoms with Crippen molar-refractivity contribution in [3.63, 3.8) is 0 Å². The van der Waals surface area contributed by atoms with Crippen LogP contribution in [0.3, 0.4) is 0 Å². The molecule has 0 aromatic carbocycles.